The van der Waals surface area contributed by atoms with Gasteiger partial charge in [0.25, 0.3) is 5.91 Å². The van der Waals surface area contributed by atoms with Crippen molar-refractivity contribution < 1.29 is 27.5 Å². The molecule has 180 valence electrons. The van der Waals surface area contributed by atoms with Gasteiger partial charge in [-0.15, -0.1) is 0 Å². The zero-order valence-electron chi connectivity index (χ0n) is 18.8. The number of carbonyl (C=O) groups is 2. The van der Waals surface area contributed by atoms with Crippen molar-refractivity contribution >= 4 is 32.9 Å². The molecule has 2 N–H and O–H groups in total. The van der Waals surface area contributed by atoms with E-state index in [-0.39, 0.29) is 35.7 Å². The zero-order chi connectivity index (χ0) is 24.3. The van der Waals surface area contributed by atoms with E-state index in [9.17, 15) is 18.0 Å². The number of methoxy groups -OCH3 is 1. The van der Waals surface area contributed by atoms with Crippen LogP contribution in [-0.2, 0) is 33.0 Å². The molecule has 0 radical (unpaired) electrons. The summed E-state index contributed by atoms with van der Waals surface area (Å²) in [5, 5.41) is 0. The van der Waals surface area contributed by atoms with Crippen LogP contribution < -0.4 is 15.6 Å². The lowest BCUT2D eigenvalue weighted by molar-refractivity contribution is -0.121. The van der Waals surface area contributed by atoms with E-state index in [0.717, 1.165) is 11.0 Å². The molecule has 2 heterocycles. The van der Waals surface area contributed by atoms with Gasteiger partial charge in [-0.3, -0.25) is 20.4 Å². The van der Waals surface area contributed by atoms with Gasteiger partial charge < -0.3 is 14.0 Å². The molecule has 1 aliphatic heterocycles. The number of nitrogens with one attached hydrogen (secondary N) is 2. The van der Waals surface area contributed by atoms with E-state index in [2.05, 4.69) is 15.8 Å². The average Bonchev–Trinajstić information content (AvgIpc) is 3.17. The van der Waals surface area contributed by atoms with Crippen LogP contribution in [-0.4, -0.2) is 67.5 Å². The van der Waals surface area contributed by atoms with Gasteiger partial charge in [0.15, 0.2) is 0 Å². The van der Waals surface area contributed by atoms with Crippen molar-refractivity contribution in [3.05, 3.63) is 53.9 Å². The van der Waals surface area contributed by atoms with E-state index in [1.165, 1.54) is 29.6 Å². The van der Waals surface area contributed by atoms with E-state index in [1.54, 1.807) is 0 Å². The Kier molecular flexibility index (Phi) is 6.82. The number of sulfonamides is 1. The van der Waals surface area contributed by atoms with Gasteiger partial charge in [-0.25, -0.2) is 13.4 Å². The summed E-state index contributed by atoms with van der Waals surface area (Å²) < 4.78 is 39.7. The standard InChI is InChI=1S/C22H25N5O6S/c1-26-17-6-4-3-5-16(17)23-20(26)14-21(28)24-25-22(29)15-7-8-18(32-2)19(13-15)34(30,31)27-9-11-33-12-10-27/h3-8,13H,9-12,14H2,1-2H3,(H,24,28)(H,25,29). The average molecular weight is 488 g/mol. The number of rotatable bonds is 6. The first kappa shape index (κ1) is 23.7. The van der Waals surface area contributed by atoms with Crippen LogP contribution in [0.4, 0.5) is 0 Å². The van der Waals surface area contributed by atoms with Crippen molar-refractivity contribution in [3.8, 4) is 5.75 Å². The van der Waals surface area contributed by atoms with Crippen molar-refractivity contribution in [2.24, 2.45) is 7.05 Å². The molecule has 1 saturated heterocycles. The highest BCUT2D eigenvalue weighted by Crippen LogP contribution is 2.28. The fourth-order valence-corrected chi connectivity index (χ4v) is 5.28. The number of carbonyl (C=O) groups excluding carboxylic acids is 2. The highest BCUT2D eigenvalue weighted by Gasteiger charge is 2.30. The molecule has 34 heavy (non-hydrogen) atoms. The topological polar surface area (TPSA) is 132 Å². The first-order valence-corrected chi connectivity index (χ1v) is 12.0. The van der Waals surface area contributed by atoms with Crippen LogP contribution in [0.25, 0.3) is 11.0 Å². The Morgan fingerprint density at radius 2 is 1.85 bits per heavy atom. The van der Waals surface area contributed by atoms with Crippen LogP contribution in [0.2, 0.25) is 0 Å². The third kappa shape index (κ3) is 4.74. The Bertz CT molecular complexity index is 1330. The fraction of sp³-hybridized carbons (Fsp3) is 0.318. The number of morpholine rings is 1. The fourth-order valence-electron chi connectivity index (χ4n) is 3.69. The lowest BCUT2D eigenvalue weighted by atomic mass is 10.2. The third-order valence-electron chi connectivity index (χ3n) is 5.53. The number of ether oxygens (including phenoxy) is 2. The summed E-state index contributed by atoms with van der Waals surface area (Å²) in [6.45, 7) is 0.999. The molecule has 4 rings (SSSR count). The number of amides is 2. The smallest absolute Gasteiger partial charge is 0.269 e. The number of imidazole rings is 1. The number of nitrogens with zero attached hydrogens (tertiary/aromatic N) is 3. The van der Waals surface area contributed by atoms with Crippen molar-refractivity contribution in [1.82, 2.24) is 24.7 Å². The molecule has 0 aliphatic carbocycles. The molecule has 1 fully saturated rings. The molecule has 2 aromatic carbocycles. The minimum atomic E-state index is -3.90. The van der Waals surface area contributed by atoms with Crippen molar-refractivity contribution in [1.29, 1.82) is 0 Å². The molecule has 0 atom stereocenters. The van der Waals surface area contributed by atoms with Gasteiger partial charge in [0.1, 0.15) is 16.5 Å². The third-order valence-corrected chi connectivity index (χ3v) is 7.45. The Balaban J connectivity index is 1.46. The van der Waals surface area contributed by atoms with E-state index in [1.807, 2.05) is 35.9 Å². The number of aryl methyl sites for hydroxylation is 1. The number of benzene rings is 2. The highest BCUT2D eigenvalue weighted by molar-refractivity contribution is 7.89. The van der Waals surface area contributed by atoms with Crippen molar-refractivity contribution in [2.45, 2.75) is 11.3 Å². The predicted molar refractivity (Wildman–Crippen MR) is 123 cm³/mol. The number of para-hydroxylation sites is 2. The molecular weight excluding hydrogens is 462 g/mol. The van der Waals surface area contributed by atoms with E-state index in [0.29, 0.717) is 19.0 Å². The maximum Gasteiger partial charge on any atom is 0.269 e. The van der Waals surface area contributed by atoms with Gasteiger partial charge in [0.05, 0.1) is 37.8 Å². The summed E-state index contributed by atoms with van der Waals surface area (Å²) in [5.41, 5.74) is 6.38. The number of aromatic nitrogens is 2. The molecule has 0 bridgehead atoms. The minimum Gasteiger partial charge on any atom is -0.495 e. The van der Waals surface area contributed by atoms with Gasteiger partial charge in [0.2, 0.25) is 15.9 Å². The first-order valence-electron chi connectivity index (χ1n) is 10.6. The summed E-state index contributed by atoms with van der Waals surface area (Å²) in [7, 11) is -0.735. The van der Waals surface area contributed by atoms with E-state index < -0.39 is 21.8 Å². The van der Waals surface area contributed by atoms with E-state index in [4.69, 9.17) is 9.47 Å². The highest BCUT2D eigenvalue weighted by atomic mass is 32.2. The Labute approximate surface area is 196 Å². The molecule has 0 saturated carbocycles. The Morgan fingerprint density at radius 1 is 1.12 bits per heavy atom. The van der Waals surface area contributed by atoms with Crippen LogP contribution in [0.15, 0.2) is 47.4 Å². The second-order valence-corrected chi connectivity index (χ2v) is 9.54. The van der Waals surface area contributed by atoms with Crippen LogP contribution >= 0.6 is 0 Å². The molecule has 0 unspecified atom stereocenters. The lowest BCUT2D eigenvalue weighted by Crippen LogP contribution is -2.43. The number of hydrazine groups is 1. The molecule has 0 spiro atoms. The molecule has 1 aliphatic rings. The Morgan fingerprint density at radius 3 is 2.56 bits per heavy atom. The van der Waals surface area contributed by atoms with Crippen LogP contribution in [0.3, 0.4) is 0 Å². The summed E-state index contributed by atoms with van der Waals surface area (Å²) in [6.07, 6.45) is -0.0509. The molecule has 1 aromatic heterocycles. The monoisotopic (exact) mass is 487 g/mol. The zero-order valence-corrected chi connectivity index (χ0v) is 19.6. The molecule has 3 aromatic rings. The maximum atomic E-state index is 13.1. The number of fused-ring (bicyclic) bond motifs is 1. The summed E-state index contributed by atoms with van der Waals surface area (Å²) >= 11 is 0. The van der Waals surface area contributed by atoms with Gasteiger partial charge in [-0.1, -0.05) is 12.1 Å². The SMILES string of the molecule is COc1ccc(C(=O)NNC(=O)Cc2nc3ccccc3n2C)cc1S(=O)(=O)N1CCOCC1. The molecule has 2 amide bonds. The van der Waals surface area contributed by atoms with Crippen molar-refractivity contribution in [3.63, 3.8) is 0 Å². The molecule has 12 heteroatoms. The van der Waals surface area contributed by atoms with Crippen molar-refractivity contribution in [2.75, 3.05) is 33.4 Å². The second kappa shape index (κ2) is 9.79. The predicted octanol–water partition coefficient (Wildman–Crippen LogP) is 0.607. The molecule has 11 nitrogen and oxygen atoms in total. The normalized spacial score (nSPS) is 14.6. The van der Waals surface area contributed by atoms with E-state index >= 15 is 0 Å². The van der Waals surface area contributed by atoms with Crippen LogP contribution in [0.1, 0.15) is 16.2 Å². The lowest BCUT2D eigenvalue weighted by Gasteiger charge is -2.26. The largest absolute Gasteiger partial charge is 0.495 e. The van der Waals surface area contributed by atoms with Gasteiger partial charge in [-0.2, -0.15) is 4.31 Å². The number of hydrogen-bond acceptors (Lipinski definition) is 7. The first-order chi connectivity index (χ1) is 16.3. The maximum absolute atomic E-state index is 13.1. The summed E-state index contributed by atoms with van der Waals surface area (Å²) in [6, 6.07) is 11.6. The summed E-state index contributed by atoms with van der Waals surface area (Å²) in [5.74, 6) is -0.480. The Hall–Kier alpha value is -3.48. The van der Waals surface area contributed by atoms with Gasteiger partial charge in [-0.05, 0) is 30.3 Å². The summed E-state index contributed by atoms with van der Waals surface area (Å²) in [4.78, 5) is 29.4. The van der Waals surface area contributed by atoms with Gasteiger partial charge >= 0.3 is 0 Å². The van der Waals surface area contributed by atoms with Gasteiger partial charge in [0, 0.05) is 25.7 Å². The quantitative estimate of drug-likeness (QED) is 0.487. The minimum absolute atomic E-state index is 0.0509. The number of hydrogen-bond donors (Lipinski definition) is 2. The van der Waals surface area contributed by atoms with Crippen LogP contribution in [0, 0.1) is 0 Å². The molecular formula is C22H25N5O6S. The van der Waals surface area contributed by atoms with Crippen LogP contribution in [0.5, 0.6) is 5.75 Å². The second-order valence-electron chi connectivity index (χ2n) is 7.64.